The SMILES string of the molecule is CC1CN2CCCC2CN1c1ccc(C(F)(F)F)nc1. The number of aromatic nitrogens is 1. The van der Waals surface area contributed by atoms with E-state index in [1.54, 1.807) is 0 Å². The minimum absolute atomic E-state index is 0.308. The van der Waals surface area contributed by atoms with E-state index in [0.717, 1.165) is 31.4 Å². The molecule has 0 N–H and O–H groups in total. The first-order chi connectivity index (χ1) is 9.45. The molecule has 20 heavy (non-hydrogen) atoms. The van der Waals surface area contributed by atoms with Crippen LogP contribution < -0.4 is 4.90 Å². The summed E-state index contributed by atoms with van der Waals surface area (Å²) < 4.78 is 37.6. The number of piperazine rings is 1. The third kappa shape index (κ3) is 2.49. The average Bonchev–Trinajstić information content (AvgIpc) is 2.84. The molecule has 2 aliphatic heterocycles. The molecule has 0 aromatic carbocycles. The molecule has 2 aliphatic rings. The highest BCUT2D eigenvalue weighted by Crippen LogP contribution is 2.31. The zero-order chi connectivity index (χ0) is 14.3. The first kappa shape index (κ1) is 13.7. The van der Waals surface area contributed by atoms with Crippen molar-refractivity contribution in [3.05, 3.63) is 24.0 Å². The zero-order valence-corrected chi connectivity index (χ0v) is 11.4. The van der Waals surface area contributed by atoms with E-state index >= 15 is 0 Å². The van der Waals surface area contributed by atoms with E-state index in [0.29, 0.717) is 12.1 Å². The lowest BCUT2D eigenvalue weighted by atomic mass is 10.1. The van der Waals surface area contributed by atoms with Gasteiger partial charge in [-0.25, -0.2) is 4.98 Å². The number of rotatable bonds is 1. The van der Waals surface area contributed by atoms with Crippen LogP contribution in [-0.4, -0.2) is 41.6 Å². The minimum atomic E-state index is -4.37. The second kappa shape index (κ2) is 4.91. The Labute approximate surface area is 116 Å². The fraction of sp³-hybridized carbons (Fsp3) is 0.643. The molecule has 0 amide bonds. The predicted octanol–water partition coefficient (Wildman–Crippen LogP) is 2.77. The van der Waals surface area contributed by atoms with E-state index < -0.39 is 11.9 Å². The maximum Gasteiger partial charge on any atom is 0.433 e. The van der Waals surface area contributed by atoms with Crippen molar-refractivity contribution in [2.45, 2.75) is 38.0 Å². The minimum Gasteiger partial charge on any atom is -0.365 e. The Balaban J connectivity index is 1.78. The fourth-order valence-corrected chi connectivity index (χ4v) is 3.27. The molecule has 0 saturated carbocycles. The standard InChI is InChI=1S/C14H18F3N3/c1-10-8-19-6-2-3-12(19)9-20(10)11-4-5-13(18-7-11)14(15,16)17/h4-5,7,10,12H,2-3,6,8-9H2,1H3. The van der Waals surface area contributed by atoms with E-state index in [1.165, 1.54) is 25.1 Å². The number of nitrogens with zero attached hydrogens (tertiary/aromatic N) is 3. The number of anilines is 1. The summed E-state index contributed by atoms with van der Waals surface area (Å²) in [6.45, 7) is 5.13. The van der Waals surface area contributed by atoms with Gasteiger partial charge < -0.3 is 4.90 Å². The molecular weight excluding hydrogens is 267 g/mol. The van der Waals surface area contributed by atoms with Crippen molar-refractivity contribution in [2.24, 2.45) is 0 Å². The highest BCUT2D eigenvalue weighted by atomic mass is 19.4. The van der Waals surface area contributed by atoms with E-state index in [9.17, 15) is 13.2 Å². The molecule has 1 aromatic heterocycles. The highest BCUT2D eigenvalue weighted by Gasteiger charge is 2.35. The Morgan fingerprint density at radius 1 is 1.25 bits per heavy atom. The maximum atomic E-state index is 12.5. The number of alkyl halides is 3. The smallest absolute Gasteiger partial charge is 0.365 e. The zero-order valence-electron chi connectivity index (χ0n) is 11.4. The van der Waals surface area contributed by atoms with Crippen molar-refractivity contribution < 1.29 is 13.2 Å². The van der Waals surface area contributed by atoms with Crippen LogP contribution in [0.1, 0.15) is 25.5 Å². The molecule has 3 heterocycles. The maximum absolute atomic E-state index is 12.5. The lowest BCUT2D eigenvalue weighted by Crippen LogP contribution is -2.55. The predicted molar refractivity (Wildman–Crippen MR) is 70.6 cm³/mol. The van der Waals surface area contributed by atoms with Gasteiger partial charge in [-0.05, 0) is 38.4 Å². The Morgan fingerprint density at radius 3 is 2.70 bits per heavy atom. The summed E-state index contributed by atoms with van der Waals surface area (Å²) in [5, 5.41) is 0. The molecule has 2 fully saturated rings. The first-order valence-electron chi connectivity index (χ1n) is 6.99. The first-order valence-corrected chi connectivity index (χ1v) is 6.99. The van der Waals surface area contributed by atoms with E-state index in [-0.39, 0.29) is 0 Å². The van der Waals surface area contributed by atoms with Crippen molar-refractivity contribution in [1.82, 2.24) is 9.88 Å². The molecule has 3 rings (SSSR count). The van der Waals surface area contributed by atoms with Crippen LogP contribution in [0.15, 0.2) is 18.3 Å². The summed E-state index contributed by atoms with van der Waals surface area (Å²) in [5.74, 6) is 0. The van der Waals surface area contributed by atoms with Gasteiger partial charge >= 0.3 is 6.18 Å². The molecule has 0 radical (unpaired) electrons. The quantitative estimate of drug-likeness (QED) is 0.791. The van der Waals surface area contributed by atoms with Crippen molar-refractivity contribution in [2.75, 3.05) is 24.5 Å². The summed E-state index contributed by atoms with van der Waals surface area (Å²) in [7, 11) is 0. The van der Waals surface area contributed by atoms with Crippen LogP contribution in [-0.2, 0) is 6.18 Å². The normalized spacial score (nSPS) is 27.7. The Kier molecular flexibility index (Phi) is 3.36. The Bertz CT molecular complexity index is 472. The van der Waals surface area contributed by atoms with Crippen LogP contribution in [0, 0.1) is 0 Å². The molecule has 110 valence electrons. The summed E-state index contributed by atoms with van der Waals surface area (Å²) in [6.07, 6.45) is -0.619. The lowest BCUT2D eigenvalue weighted by molar-refractivity contribution is -0.141. The lowest BCUT2D eigenvalue weighted by Gasteiger charge is -2.43. The molecule has 2 atom stereocenters. The highest BCUT2D eigenvalue weighted by molar-refractivity contribution is 5.47. The van der Waals surface area contributed by atoms with Gasteiger partial charge in [0.15, 0.2) is 0 Å². The molecule has 3 nitrogen and oxygen atoms in total. The van der Waals surface area contributed by atoms with E-state index in [4.69, 9.17) is 0 Å². The van der Waals surface area contributed by atoms with Gasteiger partial charge in [-0.2, -0.15) is 13.2 Å². The van der Waals surface area contributed by atoms with Crippen LogP contribution in [0.4, 0.5) is 18.9 Å². The van der Waals surface area contributed by atoms with Crippen LogP contribution in [0.3, 0.4) is 0 Å². The molecule has 0 aliphatic carbocycles. The van der Waals surface area contributed by atoms with Gasteiger partial charge in [-0.3, -0.25) is 4.90 Å². The van der Waals surface area contributed by atoms with Crippen LogP contribution in [0.25, 0.3) is 0 Å². The van der Waals surface area contributed by atoms with E-state index in [1.807, 2.05) is 0 Å². The average molecular weight is 285 g/mol. The van der Waals surface area contributed by atoms with E-state index in [2.05, 4.69) is 21.7 Å². The summed E-state index contributed by atoms with van der Waals surface area (Å²) in [4.78, 5) is 8.23. The van der Waals surface area contributed by atoms with Gasteiger partial charge in [0.1, 0.15) is 5.69 Å². The summed E-state index contributed by atoms with van der Waals surface area (Å²) >= 11 is 0. The molecule has 1 aromatic rings. The van der Waals surface area contributed by atoms with Gasteiger partial charge in [0, 0.05) is 25.2 Å². The van der Waals surface area contributed by atoms with Gasteiger partial charge in [0.05, 0.1) is 11.9 Å². The monoisotopic (exact) mass is 285 g/mol. The number of hydrogen-bond donors (Lipinski definition) is 0. The Hall–Kier alpha value is -1.30. The number of hydrogen-bond acceptors (Lipinski definition) is 3. The topological polar surface area (TPSA) is 19.4 Å². The van der Waals surface area contributed by atoms with Gasteiger partial charge in [0.2, 0.25) is 0 Å². The summed E-state index contributed by atoms with van der Waals surface area (Å²) in [6, 6.07) is 3.45. The van der Waals surface area contributed by atoms with Gasteiger partial charge in [-0.15, -0.1) is 0 Å². The van der Waals surface area contributed by atoms with Gasteiger partial charge in [0.25, 0.3) is 0 Å². The van der Waals surface area contributed by atoms with Crippen LogP contribution in [0.2, 0.25) is 0 Å². The Morgan fingerprint density at radius 2 is 2.05 bits per heavy atom. The molecule has 0 spiro atoms. The van der Waals surface area contributed by atoms with Gasteiger partial charge in [-0.1, -0.05) is 0 Å². The second-order valence-corrected chi connectivity index (χ2v) is 5.69. The second-order valence-electron chi connectivity index (χ2n) is 5.69. The number of fused-ring (bicyclic) bond motifs is 1. The van der Waals surface area contributed by atoms with Crippen molar-refractivity contribution in [1.29, 1.82) is 0 Å². The largest absolute Gasteiger partial charge is 0.433 e. The van der Waals surface area contributed by atoms with Crippen LogP contribution in [0.5, 0.6) is 0 Å². The molecule has 2 unspecified atom stereocenters. The third-order valence-corrected chi connectivity index (χ3v) is 4.31. The summed E-state index contributed by atoms with van der Waals surface area (Å²) in [5.41, 5.74) is -0.0366. The fourth-order valence-electron chi connectivity index (χ4n) is 3.27. The third-order valence-electron chi connectivity index (χ3n) is 4.31. The molecule has 6 heteroatoms. The molecular formula is C14H18F3N3. The van der Waals surface area contributed by atoms with Crippen LogP contribution >= 0.6 is 0 Å². The number of pyridine rings is 1. The molecule has 0 bridgehead atoms. The van der Waals surface area contributed by atoms with Crippen molar-refractivity contribution in [3.8, 4) is 0 Å². The van der Waals surface area contributed by atoms with Crippen molar-refractivity contribution >= 4 is 5.69 Å². The van der Waals surface area contributed by atoms with Crippen molar-refractivity contribution in [3.63, 3.8) is 0 Å². The molecule has 2 saturated heterocycles. The number of halogens is 3.